The number of amides is 1. The average molecular weight is 272 g/mol. The van der Waals surface area contributed by atoms with Crippen LogP contribution in [-0.4, -0.2) is 26.0 Å². The molecule has 20 heavy (non-hydrogen) atoms. The van der Waals surface area contributed by atoms with E-state index in [0.29, 0.717) is 19.0 Å². The third-order valence-corrected chi connectivity index (χ3v) is 3.26. The van der Waals surface area contributed by atoms with E-state index in [1.54, 1.807) is 17.3 Å². The van der Waals surface area contributed by atoms with Gasteiger partial charge < -0.3 is 9.32 Å². The molecule has 0 unspecified atom stereocenters. The van der Waals surface area contributed by atoms with Crippen molar-refractivity contribution < 1.29 is 9.21 Å². The molecular weight excluding hydrogens is 256 g/mol. The van der Waals surface area contributed by atoms with Crippen LogP contribution < -0.4 is 0 Å². The second-order valence-electron chi connectivity index (χ2n) is 5.97. The Kier molecular flexibility index (Phi) is 2.81. The number of nitrogens with zero attached hydrogens (tertiary/aromatic N) is 4. The first-order chi connectivity index (χ1) is 9.45. The highest BCUT2D eigenvalue weighted by atomic mass is 16.4. The highest BCUT2D eigenvalue weighted by molar-refractivity contribution is 5.89. The fourth-order valence-corrected chi connectivity index (χ4v) is 2.11. The summed E-state index contributed by atoms with van der Waals surface area (Å²) in [5.74, 6) is 0.291. The van der Waals surface area contributed by atoms with Crippen LogP contribution in [0.2, 0.25) is 0 Å². The van der Waals surface area contributed by atoms with Crippen molar-refractivity contribution in [1.82, 2.24) is 20.1 Å². The molecule has 0 saturated carbocycles. The molecule has 0 atom stereocenters. The Morgan fingerprint density at radius 2 is 2.00 bits per heavy atom. The molecule has 0 radical (unpaired) electrons. The molecule has 0 aliphatic carbocycles. The molecule has 3 rings (SSSR count). The summed E-state index contributed by atoms with van der Waals surface area (Å²) in [5.41, 5.74) is 1.92. The zero-order valence-electron chi connectivity index (χ0n) is 11.8. The quantitative estimate of drug-likeness (QED) is 0.793. The first kappa shape index (κ1) is 12.8. The lowest BCUT2D eigenvalue weighted by molar-refractivity contribution is 0.0707. The highest BCUT2D eigenvalue weighted by Crippen LogP contribution is 2.24. The lowest BCUT2D eigenvalue weighted by atomic mass is 9.97. The molecule has 0 fully saturated rings. The zero-order valence-corrected chi connectivity index (χ0v) is 11.8. The third-order valence-electron chi connectivity index (χ3n) is 3.26. The molecule has 3 heterocycles. The van der Waals surface area contributed by atoms with E-state index in [0.717, 1.165) is 11.1 Å². The van der Waals surface area contributed by atoms with Crippen molar-refractivity contribution in [3.63, 3.8) is 0 Å². The number of hydrogen-bond acceptors (Lipinski definition) is 5. The topological polar surface area (TPSA) is 72.1 Å². The molecule has 0 saturated heterocycles. The number of carbonyl (C=O) groups is 1. The molecule has 2 aromatic heterocycles. The van der Waals surface area contributed by atoms with Gasteiger partial charge in [-0.2, -0.15) is 0 Å². The van der Waals surface area contributed by atoms with E-state index in [2.05, 4.69) is 15.2 Å². The minimum absolute atomic E-state index is 0.0516. The molecule has 1 aliphatic rings. The molecule has 1 amide bonds. The normalized spacial score (nSPS) is 14.4. The second kappa shape index (κ2) is 4.40. The molecule has 0 spiro atoms. The molecule has 0 aromatic carbocycles. The number of fused-ring (bicyclic) bond motifs is 1. The van der Waals surface area contributed by atoms with Gasteiger partial charge in [-0.15, -0.1) is 10.2 Å². The van der Waals surface area contributed by atoms with Crippen LogP contribution in [0.5, 0.6) is 0 Å². The van der Waals surface area contributed by atoms with E-state index in [1.807, 2.05) is 26.8 Å². The summed E-state index contributed by atoms with van der Waals surface area (Å²) >= 11 is 0. The molecule has 2 aromatic rings. The summed E-state index contributed by atoms with van der Waals surface area (Å²) in [6, 6.07) is 1.93. The maximum atomic E-state index is 12.4. The minimum Gasteiger partial charge on any atom is -0.416 e. The van der Waals surface area contributed by atoms with Crippen LogP contribution in [0.3, 0.4) is 0 Å². The van der Waals surface area contributed by atoms with E-state index in [-0.39, 0.29) is 17.2 Å². The smallest absolute Gasteiger partial charge is 0.312 e. The monoisotopic (exact) mass is 272 g/mol. The summed E-state index contributed by atoms with van der Waals surface area (Å²) in [6.07, 6.45) is 3.52. The number of pyridine rings is 1. The van der Waals surface area contributed by atoms with Crippen LogP contribution in [0.1, 0.15) is 48.5 Å². The summed E-state index contributed by atoms with van der Waals surface area (Å²) < 4.78 is 5.49. The van der Waals surface area contributed by atoms with Crippen molar-refractivity contribution in [3.05, 3.63) is 41.4 Å². The lowest BCUT2D eigenvalue weighted by Gasteiger charge is -2.13. The summed E-state index contributed by atoms with van der Waals surface area (Å²) in [4.78, 5) is 18.1. The Labute approximate surface area is 116 Å². The van der Waals surface area contributed by atoms with Crippen molar-refractivity contribution in [1.29, 1.82) is 0 Å². The molecule has 6 heteroatoms. The van der Waals surface area contributed by atoms with Crippen molar-refractivity contribution in [2.45, 2.75) is 39.3 Å². The van der Waals surface area contributed by atoms with Gasteiger partial charge in [0.2, 0.25) is 5.89 Å². The number of hydrogen-bond donors (Lipinski definition) is 0. The van der Waals surface area contributed by atoms with Crippen LogP contribution in [-0.2, 0) is 18.5 Å². The SMILES string of the molecule is CC(C)(C)c1nnc(C(=O)N2Cc3ccncc3C2)o1. The number of rotatable bonds is 1. The molecule has 1 aliphatic heterocycles. The van der Waals surface area contributed by atoms with E-state index in [4.69, 9.17) is 4.42 Å². The number of carbonyl (C=O) groups excluding carboxylic acids is 1. The maximum Gasteiger partial charge on any atom is 0.312 e. The van der Waals surface area contributed by atoms with Gasteiger partial charge in [0.25, 0.3) is 0 Å². The Hall–Kier alpha value is -2.24. The van der Waals surface area contributed by atoms with E-state index in [1.165, 1.54) is 0 Å². The van der Waals surface area contributed by atoms with Crippen LogP contribution in [0.15, 0.2) is 22.9 Å². The molecule has 0 bridgehead atoms. The summed E-state index contributed by atoms with van der Waals surface area (Å²) in [7, 11) is 0. The van der Waals surface area contributed by atoms with E-state index < -0.39 is 0 Å². The van der Waals surface area contributed by atoms with Gasteiger partial charge in [0, 0.05) is 30.9 Å². The summed E-state index contributed by atoms with van der Waals surface area (Å²) in [6.45, 7) is 6.99. The molecule has 104 valence electrons. The Balaban J connectivity index is 1.80. The zero-order chi connectivity index (χ0) is 14.3. The van der Waals surface area contributed by atoms with Crippen molar-refractivity contribution in [2.75, 3.05) is 0 Å². The van der Waals surface area contributed by atoms with Gasteiger partial charge in [0.15, 0.2) is 0 Å². The summed E-state index contributed by atoms with van der Waals surface area (Å²) in [5, 5.41) is 7.82. The predicted octanol–water partition coefficient (Wildman–Crippen LogP) is 1.92. The van der Waals surface area contributed by atoms with Crippen LogP contribution in [0, 0.1) is 0 Å². The first-order valence-corrected chi connectivity index (χ1v) is 6.50. The van der Waals surface area contributed by atoms with Crippen LogP contribution >= 0.6 is 0 Å². The van der Waals surface area contributed by atoms with E-state index >= 15 is 0 Å². The second-order valence-corrected chi connectivity index (χ2v) is 5.97. The Morgan fingerprint density at radius 1 is 1.25 bits per heavy atom. The Bertz CT molecular complexity index is 632. The van der Waals surface area contributed by atoms with Crippen molar-refractivity contribution >= 4 is 5.91 Å². The minimum atomic E-state index is -0.260. The fourth-order valence-electron chi connectivity index (χ4n) is 2.11. The average Bonchev–Trinajstić information content (AvgIpc) is 3.04. The first-order valence-electron chi connectivity index (χ1n) is 6.50. The van der Waals surface area contributed by atoms with Crippen molar-refractivity contribution in [3.8, 4) is 0 Å². The van der Waals surface area contributed by atoms with Gasteiger partial charge in [-0.05, 0) is 17.2 Å². The maximum absolute atomic E-state index is 12.4. The van der Waals surface area contributed by atoms with E-state index in [9.17, 15) is 4.79 Å². The highest BCUT2D eigenvalue weighted by Gasteiger charge is 2.30. The molecule has 6 nitrogen and oxygen atoms in total. The van der Waals surface area contributed by atoms with Gasteiger partial charge in [-0.1, -0.05) is 20.8 Å². The van der Waals surface area contributed by atoms with Gasteiger partial charge >= 0.3 is 11.8 Å². The van der Waals surface area contributed by atoms with Gasteiger partial charge in [0.05, 0.1) is 0 Å². The predicted molar refractivity (Wildman–Crippen MR) is 70.8 cm³/mol. The Morgan fingerprint density at radius 3 is 2.65 bits per heavy atom. The van der Waals surface area contributed by atoms with Crippen LogP contribution in [0.25, 0.3) is 0 Å². The van der Waals surface area contributed by atoms with Gasteiger partial charge in [0.1, 0.15) is 0 Å². The third kappa shape index (κ3) is 2.17. The fraction of sp³-hybridized carbons (Fsp3) is 0.429. The standard InChI is InChI=1S/C14H16N4O2/c1-14(2,3)13-17-16-11(20-13)12(19)18-7-9-4-5-15-6-10(9)8-18/h4-6H,7-8H2,1-3H3. The lowest BCUT2D eigenvalue weighted by Crippen LogP contribution is -2.25. The largest absolute Gasteiger partial charge is 0.416 e. The van der Waals surface area contributed by atoms with Gasteiger partial charge in [-0.3, -0.25) is 9.78 Å². The number of aromatic nitrogens is 3. The van der Waals surface area contributed by atoms with Crippen LogP contribution in [0.4, 0.5) is 0 Å². The van der Waals surface area contributed by atoms with Crippen molar-refractivity contribution in [2.24, 2.45) is 0 Å². The molecular formula is C14H16N4O2. The van der Waals surface area contributed by atoms with Gasteiger partial charge in [-0.25, -0.2) is 0 Å². The molecule has 0 N–H and O–H groups in total.